The Morgan fingerprint density at radius 3 is 2.74 bits per heavy atom. The summed E-state index contributed by atoms with van der Waals surface area (Å²) in [6, 6.07) is 10.9. The molecular weight excluding hydrogens is 439 g/mol. The average Bonchev–Trinajstić information content (AvgIpc) is 3.47. The highest BCUT2D eigenvalue weighted by molar-refractivity contribution is 5.89. The van der Waals surface area contributed by atoms with Crippen molar-refractivity contribution in [2.24, 2.45) is 0 Å². The van der Waals surface area contributed by atoms with Gasteiger partial charge in [-0.25, -0.2) is 9.18 Å². The second kappa shape index (κ2) is 9.34. The van der Waals surface area contributed by atoms with Gasteiger partial charge in [-0.05, 0) is 62.3 Å². The molecule has 0 saturated carbocycles. The van der Waals surface area contributed by atoms with E-state index in [0.717, 1.165) is 31.3 Å². The van der Waals surface area contributed by atoms with Crippen LogP contribution in [0, 0.1) is 5.82 Å². The number of anilines is 1. The van der Waals surface area contributed by atoms with Crippen molar-refractivity contribution in [2.45, 2.75) is 32.4 Å². The van der Waals surface area contributed by atoms with E-state index in [2.05, 4.69) is 22.1 Å². The first-order valence-electron chi connectivity index (χ1n) is 11.5. The predicted molar refractivity (Wildman–Crippen MR) is 127 cm³/mol. The summed E-state index contributed by atoms with van der Waals surface area (Å²) in [6.45, 7) is 4.79. The zero-order valence-corrected chi connectivity index (χ0v) is 19.0. The molecule has 2 N–H and O–H groups in total. The number of H-pyrrole nitrogens is 1. The van der Waals surface area contributed by atoms with Crippen molar-refractivity contribution in [1.82, 2.24) is 14.8 Å². The minimum Gasteiger partial charge on any atom is -0.454 e. The molecule has 3 aromatic rings. The van der Waals surface area contributed by atoms with Crippen LogP contribution in [0.4, 0.5) is 14.9 Å². The number of carbonyl (C=O) groups excluding carboxylic acids is 1. The second-order valence-corrected chi connectivity index (χ2v) is 8.66. The minimum atomic E-state index is -0.372. The average molecular weight is 467 g/mol. The highest BCUT2D eigenvalue weighted by Crippen LogP contribution is 2.35. The van der Waals surface area contributed by atoms with Crippen molar-refractivity contribution in [3.05, 3.63) is 64.2 Å². The number of pyridine rings is 1. The van der Waals surface area contributed by atoms with Crippen LogP contribution in [0.3, 0.4) is 0 Å². The summed E-state index contributed by atoms with van der Waals surface area (Å²) in [4.78, 5) is 33.1. The number of aromatic amines is 1. The molecule has 9 heteroatoms. The molecule has 3 heterocycles. The fourth-order valence-electron chi connectivity index (χ4n) is 4.69. The van der Waals surface area contributed by atoms with Gasteiger partial charge in [-0.2, -0.15) is 0 Å². The first-order valence-corrected chi connectivity index (χ1v) is 11.5. The Labute approximate surface area is 196 Å². The van der Waals surface area contributed by atoms with Crippen LogP contribution >= 0.6 is 0 Å². The zero-order chi connectivity index (χ0) is 23.7. The summed E-state index contributed by atoms with van der Waals surface area (Å²) in [5.41, 5.74) is 1.36. The number of hydrogen-bond acceptors (Lipinski definition) is 5. The molecule has 1 atom stereocenters. The summed E-state index contributed by atoms with van der Waals surface area (Å²) in [5, 5.41) is 3.64. The number of hydrogen-bond donors (Lipinski definition) is 2. The van der Waals surface area contributed by atoms with Gasteiger partial charge in [0, 0.05) is 35.3 Å². The number of rotatable bonds is 6. The number of nitrogens with one attached hydrogen (secondary N) is 2. The molecule has 0 radical (unpaired) electrons. The standard InChI is InChI=1S/C25H27FN4O4/c1-2-29-9-3-4-20(29)14-30(25(32)27-19-7-5-18(26)6-8-19)13-17-10-16-11-22-23(34-15-33-22)12-21(16)28-24(17)31/h5-8,10-12,20H,2-4,9,13-15H2,1H3,(H,27,32)(H,28,31)/t20-/m1/s1. The predicted octanol–water partition coefficient (Wildman–Crippen LogP) is 3.91. The lowest BCUT2D eigenvalue weighted by atomic mass is 10.1. The van der Waals surface area contributed by atoms with Crippen molar-refractivity contribution in [3.63, 3.8) is 0 Å². The highest BCUT2D eigenvalue weighted by Gasteiger charge is 2.28. The minimum absolute atomic E-state index is 0.140. The van der Waals surface area contributed by atoms with Gasteiger partial charge in [0.15, 0.2) is 11.5 Å². The van der Waals surface area contributed by atoms with E-state index in [1.165, 1.54) is 24.3 Å². The maximum atomic E-state index is 13.3. The van der Waals surface area contributed by atoms with Crippen molar-refractivity contribution >= 4 is 22.6 Å². The van der Waals surface area contributed by atoms with Crippen LogP contribution in [0.5, 0.6) is 11.5 Å². The number of carbonyl (C=O) groups is 1. The first kappa shape index (κ1) is 22.2. The van der Waals surface area contributed by atoms with Crippen LogP contribution in [0.1, 0.15) is 25.3 Å². The van der Waals surface area contributed by atoms with E-state index >= 15 is 0 Å². The molecule has 5 rings (SSSR count). The lowest BCUT2D eigenvalue weighted by Gasteiger charge is -2.30. The first-order chi connectivity index (χ1) is 16.5. The van der Waals surface area contributed by atoms with E-state index in [1.807, 2.05) is 6.07 Å². The fraction of sp³-hybridized carbons (Fsp3) is 0.360. The molecule has 0 bridgehead atoms. The molecule has 2 aliphatic rings. The number of ether oxygens (including phenoxy) is 2. The highest BCUT2D eigenvalue weighted by atomic mass is 19.1. The smallest absolute Gasteiger partial charge is 0.322 e. The summed E-state index contributed by atoms with van der Waals surface area (Å²) >= 11 is 0. The summed E-state index contributed by atoms with van der Waals surface area (Å²) in [7, 11) is 0. The molecule has 2 amide bonds. The molecule has 2 aromatic carbocycles. The number of benzene rings is 2. The van der Waals surface area contributed by atoms with Gasteiger partial charge in [0.25, 0.3) is 5.56 Å². The largest absolute Gasteiger partial charge is 0.454 e. The Hall–Kier alpha value is -3.59. The lowest BCUT2D eigenvalue weighted by molar-refractivity contribution is 0.174. The van der Waals surface area contributed by atoms with Crippen molar-refractivity contribution in [2.75, 3.05) is 31.7 Å². The van der Waals surface area contributed by atoms with Crippen molar-refractivity contribution < 1.29 is 18.7 Å². The van der Waals surface area contributed by atoms with Gasteiger partial charge in [0.05, 0.1) is 12.1 Å². The van der Waals surface area contributed by atoms with Crippen LogP contribution in [-0.4, -0.2) is 53.3 Å². The summed E-state index contributed by atoms with van der Waals surface area (Å²) in [6.07, 6.45) is 2.07. The molecule has 8 nitrogen and oxygen atoms in total. The third-order valence-corrected chi connectivity index (χ3v) is 6.49. The Balaban J connectivity index is 1.43. The van der Waals surface area contributed by atoms with Crippen molar-refractivity contribution in [3.8, 4) is 11.5 Å². The maximum absolute atomic E-state index is 13.3. The van der Waals surface area contributed by atoms with Gasteiger partial charge in [-0.15, -0.1) is 0 Å². The number of aromatic nitrogens is 1. The molecule has 1 fully saturated rings. The topological polar surface area (TPSA) is 86.9 Å². The van der Waals surface area contributed by atoms with E-state index in [-0.39, 0.29) is 36.8 Å². The third kappa shape index (κ3) is 4.56. The Morgan fingerprint density at radius 1 is 1.21 bits per heavy atom. The van der Waals surface area contributed by atoms with E-state index in [1.54, 1.807) is 17.0 Å². The molecule has 0 spiro atoms. The third-order valence-electron chi connectivity index (χ3n) is 6.49. The second-order valence-electron chi connectivity index (χ2n) is 8.66. The zero-order valence-electron chi connectivity index (χ0n) is 19.0. The van der Waals surface area contributed by atoms with Crippen LogP contribution < -0.4 is 20.3 Å². The number of amides is 2. The maximum Gasteiger partial charge on any atom is 0.322 e. The van der Waals surface area contributed by atoms with Gasteiger partial charge in [-0.3, -0.25) is 9.69 Å². The van der Waals surface area contributed by atoms with Crippen LogP contribution in [0.2, 0.25) is 0 Å². The summed E-state index contributed by atoms with van der Waals surface area (Å²) in [5.74, 6) is 0.848. The number of likely N-dealkylation sites (tertiary alicyclic amines) is 1. The Bertz CT molecular complexity index is 1260. The molecule has 0 unspecified atom stereocenters. The number of fused-ring (bicyclic) bond motifs is 2. The van der Waals surface area contributed by atoms with Crippen LogP contribution in [0.15, 0.2) is 47.3 Å². The number of likely N-dealkylation sites (N-methyl/N-ethyl adjacent to an activating group) is 1. The number of urea groups is 1. The molecular formula is C25H27FN4O4. The molecule has 1 saturated heterocycles. The SMILES string of the molecule is CCN1CCC[C@@H]1CN(Cc1cc2cc3c(cc2[nH]c1=O)OCO3)C(=O)Nc1ccc(F)cc1. The van der Waals surface area contributed by atoms with Gasteiger partial charge in [0.1, 0.15) is 5.82 Å². The van der Waals surface area contributed by atoms with Crippen LogP contribution in [0.25, 0.3) is 10.9 Å². The van der Waals surface area contributed by atoms with Crippen molar-refractivity contribution in [1.29, 1.82) is 0 Å². The molecule has 0 aliphatic carbocycles. The van der Waals surface area contributed by atoms with Gasteiger partial charge < -0.3 is 24.7 Å². The molecule has 1 aromatic heterocycles. The number of nitrogens with zero attached hydrogens (tertiary/aromatic N) is 2. The monoisotopic (exact) mass is 466 g/mol. The van der Waals surface area contributed by atoms with Gasteiger partial charge in [-0.1, -0.05) is 6.92 Å². The summed E-state index contributed by atoms with van der Waals surface area (Å²) < 4.78 is 24.2. The van der Waals surface area contributed by atoms with Gasteiger partial charge in [0.2, 0.25) is 6.79 Å². The quantitative estimate of drug-likeness (QED) is 0.575. The van der Waals surface area contributed by atoms with E-state index in [0.29, 0.717) is 34.8 Å². The normalized spacial score (nSPS) is 17.3. The van der Waals surface area contributed by atoms with Gasteiger partial charge >= 0.3 is 6.03 Å². The lowest BCUT2D eigenvalue weighted by Crippen LogP contribution is -2.45. The number of halogens is 1. The fourth-order valence-corrected chi connectivity index (χ4v) is 4.69. The molecule has 178 valence electrons. The van der Waals surface area contributed by atoms with E-state index < -0.39 is 0 Å². The Morgan fingerprint density at radius 2 is 1.97 bits per heavy atom. The Kier molecular flexibility index (Phi) is 6.10. The molecule has 2 aliphatic heterocycles. The van der Waals surface area contributed by atoms with E-state index in [9.17, 15) is 14.0 Å². The van der Waals surface area contributed by atoms with E-state index in [4.69, 9.17) is 9.47 Å². The van der Waals surface area contributed by atoms with Crippen LogP contribution in [-0.2, 0) is 6.54 Å². The molecule has 34 heavy (non-hydrogen) atoms.